The average Bonchev–Trinajstić information content (AvgIpc) is 2.47. The Balaban J connectivity index is 2.68. The molecule has 0 aliphatic heterocycles. The Bertz CT molecular complexity index is 489. The first-order valence-corrected chi connectivity index (χ1v) is 6.99. The van der Waals surface area contributed by atoms with Gasteiger partial charge < -0.3 is 10.0 Å². The maximum absolute atomic E-state index is 12.2. The summed E-state index contributed by atoms with van der Waals surface area (Å²) in [5.74, 6) is 5.68. The predicted octanol–water partition coefficient (Wildman–Crippen LogP) is 2.08. The van der Waals surface area contributed by atoms with E-state index in [1.807, 2.05) is 7.05 Å². The molecule has 0 aromatic carbocycles. The normalized spacial score (nSPS) is 9.75. The molecule has 0 radical (unpaired) electrons. The van der Waals surface area contributed by atoms with Crippen molar-refractivity contribution in [3.8, 4) is 11.8 Å². The van der Waals surface area contributed by atoms with Crippen LogP contribution in [0, 0.1) is 11.8 Å². The number of carbonyl (C=O) groups is 1. The van der Waals surface area contributed by atoms with Crippen LogP contribution in [0.4, 0.5) is 0 Å². The SMILES string of the molecule is CCCCCN(C)C(=O)c1cncc(C#CCCO)c1. The van der Waals surface area contributed by atoms with E-state index in [1.165, 1.54) is 0 Å². The lowest BCUT2D eigenvalue weighted by Crippen LogP contribution is -2.27. The van der Waals surface area contributed by atoms with Gasteiger partial charge in [-0.25, -0.2) is 0 Å². The molecule has 1 N–H and O–H groups in total. The molecule has 0 saturated heterocycles. The molecule has 20 heavy (non-hydrogen) atoms. The van der Waals surface area contributed by atoms with E-state index in [1.54, 1.807) is 23.4 Å². The molecule has 4 heteroatoms. The molecule has 0 unspecified atom stereocenters. The van der Waals surface area contributed by atoms with Crippen LogP contribution in [-0.4, -0.2) is 41.1 Å². The molecule has 1 heterocycles. The van der Waals surface area contributed by atoms with Gasteiger partial charge in [0.25, 0.3) is 5.91 Å². The van der Waals surface area contributed by atoms with Crippen molar-refractivity contribution in [3.05, 3.63) is 29.6 Å². The van der Waals surface area contributed by atoms with Gasteiger partial charge in [0.15, 0.2) is 0 Å². The van der Waals surface area contributed by atoms with Crippen molar-refractivity contribution >= 4 is 5.91 Å². The third-order valence-corrected chi connectivity index (χ3v) is 2.90. The monoisotopic (exact) mass is 274 g/mol. The first-order chi connectivity index (χ1) is 9.69. The minimum atomic E-state index is -0.0283. The molecule has 0 fully saturated rings. The smallest absolute Gasteiger partial charge is 0.255 e. The summed E-state index contributed by atoms with van der Waals surface area (Å²) < 4.78 is 0. The van der Waals surface area contributed by atoms with Crippen molar-refractivity contribution in [2.45, 2.75) is 32.6 Å². The largest absolute Gasteiger partial charge is 0.395 e. The van der Waals surface area contributed by atoms with Gasteiger partial charge in [0.2, 0.25) is 0 Å². The zero-order valence-electron chi connectivity index (χ0n) is 12.2. The van der Waals surface area contributed by atoms with Crippen LogP contribution in [0.1, 0.15) is 48.5 Å². The lowest BCUT2D eigenvalue weighted by Gasteiger charge is -2.16. The highest BCUT2D eigenvalue weighted by Gasteiger charge is 2.11. The molecular formula is C16H22N2O2. The number of amides is 1. The fraction of sp³-hybridized carbons (Fsp3) is 0.500. The van der Waals surface area contributed by atoms with E-state index >= 15 is 0 Å². The van der Waals surface area contributed by atoms with E-state index < -0.39 is 0 Å². The number of pyridine rings is 1. The van der Waals surface area contributed by atoms with Gasteiger partial charge in [-0.15, -0.1) is 0 Å². The van der Waals surface area contributed by atoms with Crippen LogP contribution >= 0.6 is 0 Å². The fourth-order valence-electron chi connectivity index (χ4n) is 1.77. The number of aliphatic hydroxyl groups is 1. The number of nitrogens with zero attached hydrogens (tertiary/aromatic N) is 2. The predicted molar refractivity (Wildman–Crippen MR) is 79.3 cm³/mol. The van der Waals surface area contributed by atoms with Crippen LogP contribution in [0.2, 0.25) is 0 Å². The van der Waals surface area contributed by atoms with E-state index in [0.29, 0.717) is 17.5 Å². The summed E-state index contributed by atoms with van der Waals surface area (Å²) in [6, 6.07) is 1.75. The fourth-order valence-corrected chi connectivity index (χ4v) is 1.77. The highest BCUT2D eigenvalue weighted by Crippen LogP contribution is 2.06. The molecule has 1 aromatic heterocycles. The molecule has 0 saturated carbocycles. The molecule has 108 valence electrons. The first kappa shape index (κ1) is 16.2. The van der Waals surface area contributed by atoms with Crippen molar-refractivity contribution in [2.75, 3.05) is 20.2 Å². The van der Waals surface area contributed by atoms with Gasteiger partial charge in [-0.3, -0.25) is 9.78 Å². The Hall–Kier alpha value is -1.86. The standard InChI is InChI=1S/C16H22N2O2/c1-3-4-6-9-18(2)16(20)15-11-14(12-17-13-15)8-5-7-10-19/h11-13,19H,3-4,6-7,9-10H2,1-2H3. The summed E-state index contributed by atoms with van der Waals surface area (Å²) in [5.41, 5.74) is 1.26. The molecular weight excluding hydrogens is 252 g/mol. The summed E-state index contributed by atoms with van der Waals surface area (Å²) in [7, 11) is 1.81. The Morgan fingerprint density at radius 3 is 2.90 bits per heavy atom. The molecule has 0 aliphatic rings. The first-order valence-electron chi connectivity index (χ1n) is 6.99. The summed E-state index contributed by atoms with van der Waals surface area (Å²) in [6.45, 7) is 2.94. The molecule has 0 aliphatic carbocycles. The molecule has 1 aromatic rings. The number of hydrogen-bond acceptors (Lipinski definition) is 3. The lowest BCUT2D eigenvalue weighted by molar-refractivity contribution is 0.0792. The Kier molecular flexibility index (Phi) is 7.38. The number of hydrogen-bond donors (Lipinski definition) is 1. The number of unbranched alkanes of at least 4 members (excludes halogenated alkanes) is 2. The van der Waals surface area contributed by atoms with E-state index in [9.17, 15) is 4.79 Å². The second-order valence-corrected chi connectivity index (χ2v) is 4.67. The number of aliphatic hydroxyl groups excluding tert-OH is 1. The van der Waals surface area contributed by atoms with Crippen LogP contribution in [0.15, 0.2) is 18.5 Å². The van der Waals surface area contributed by atoms with E-state index in [-0.39, 0.29) is 12.5 Å². The zero-order valence-corrected chi connectivity index (χ0v) is 12.2. The van der Waals surface area contributed by atoms with Crippen LogP contribution in [0.3, 0.4) is 0 Å². The molecule has 4 nitrogen and oxygen atoms in total. The van der Waals surface area contributed by atoms with E-state index in [0.717, 1.165) is 25.8 Å². The van der Waals surface area contributed by atoms with Gasteiger partial charge in [-0.2, -0.15) is 0 Å². The van der Waals surface area contributed by atoms with Crippen LogP contribution < -0.4 is 0 Å². The number of aromatic nitrogens is 1. The highest BCUT2D eigenvalue weighted by molar-refractivity contribution is 5.94. The van der Waals surface area contributed by atoms with E-state index in [2.05, 4.69) is 23.7 Å². The third kappa shape index (κ3) is 5.41. The average molecular weight is 274 g/mol. The Morgan fingerprint density at radius 1 is 1.40 bits per heavy atom. The van der Waals surface area contributed by atoms with Crippen molar-refractivity contribution in [1.29, 1.82) is 0 Å². The maximum Gasteiger partial charge on any atom is 0.255 e. The van der Waals surface area contributed by atoms with E-state index in [4.69, 9.17) is 5.11 Å². The second-order valence-electron chi connectivity index (χ2n) is 4.67. The Labute approximate surface area is 120 Å². The van der Waals surface area contributed by atoms with Gasteiger partial charge >= 0.3 is 0 Å². The van der Waals surface area contributed by atoms with Gasteiger partial charge in [-0.1, -0.05) is 31.6 Å². The summed E-state index contributed by atoms with van der Waals surface area (Å²) in [6.07, 6.45) is 6.90. The maximum atomic E-state index is 12.2. The zero-order chi connectivity index (χ0) is 14.8. The quantitative estimate of drug-likeness (QED) is 0.638. The van der Waals surface area contributed by atoms with Crippen molar-refractivity contribution in [2.24, 2.45) is 0 Å². The second kappa shape index (κ2) is 9.11. The van der Waals surface area contributed by atoms with Crippen molar-refractivity contribution in [3.63, 3.8) is 0 Å². The molecule has 0 spiro atoms. The van der Waals surface area contributed by atoms with Gasteiger partial charge in [0.1, 0.15) is 0 Å². The minimum Gasteiger partial charge on any atom is -0.395 e. The number of carbonyl (C=O) groups excluding carboxylic acids is 1. The van der Waals surface area contributed by atoms with Crippen LogP contribution in [0.5, 0.6) is 0 Å². The summed E-state index contributed by atoms with van der Waals surface area (Å²) >= 11 is 0. The van der Waals surface area contributed by atoms with Crippen LogP contribution in [0.25, 0.3) is 0 Å². The number of rotatable bonds is 6. The van der Waals surface area contributed by atoms with Gasteiger partial charge in [0, 0.05) is 38.0 Å². The molecule has 1 rings (SSSR count). The minimum absolute atomic E-state index is 0.0283. The highest BCUT2D eigenvalue weighted by atomic mass is 16.2. The molecule has 1 amide bonds. The lowest BCUT2D eigenvalue weighted by atomic mass is 10.1. The third-order valence-electron chi connectivity index (χ3n) is 2.90. The van der Waals surface area contributed by atoms with Gasteiger partial charge in [-0.05, 0) is 12.5 Å². The van der Waals surface area contributed by atoms with Gasteiger partial charge in [0.05, 0.1) is 12.2 Å². The summed E-state index contributed by atoms with van der Waals surface area (Å²) in [5, 5.41) is 8.68. The molecule has 0 atom stereocenters. The van der Waals surface area contributed by atoms with Crippen molar-refractivity contribution in [1.82, 2.24) is 9.88 Å². The molecule has 0 bridgehead atoms. The van der Waals surface area contributed by atoms with Crippen molar-refractivity contribution < 1.29 is 9.90 Å². The topological polar surface area (TPSA) is 53.4 Å². The summed E-state index contributed by atoms with van der Waals surface area (Å²) in [4.78, 5) is 18.0. The Morgan fingerprint density at radius 2 is 2.20 bits per heavy atom. The van der Waals surface area contributed by atoms with Crippen LogP contribution in [-0.2, 0) is 0 Å².